The molecule has 0 spiro atoms. The molecule has 0 aromatic rings. The Labute approximate surface area is 76.0 Å². The van der Waals surface area contributed by atoms with Gasteiger partial charge < -0.3 is 12.1 Å². The molecule has 1 aliphatic heterocycles. The fourth-order valence-electron chi connectivity index (χ4n) is 0.376. The Hall–Kier alpha value is 0.360. The number of hydrogen-bond donors (Lipinski definition) is 2. The number of nitrogens with one attached hydrogen (secondary N) is 2. The van der Waals surface area contributed by atoms with E-state index in [-0.39, 0.29) is 36.9 Å². The molecule has 0 bridgehead atoms. The number of rotatable bonds is 0. The Bertz CT molecular complexity index is 117. The fraction of sp³-hybridized carbons (Fsp3) is 0.333. The van der Waals surface area contributed by atoms with Crippen molar-refractivity contribution in [2.45, 2.75) is 0 Å². The van der Waals surface area contributed by atoms with E-state index >= 15 is 0 Å². The van der Waals surface area contributed by atoms with Crippen molar-refractivity contribution in [3.63, 3.8) is 0 Å². The molecule has 40 valence electrons. The summed E-state index contributed by atoms with van der Waals surface area (Å²) in [5.74, 6) is -0.0509. The zero-order chi connectivity index (χ0) is 5.28. The van der Waals surface area contributed by atoms with Crippen LogP contribution in [0.3, 0.4) is 0 Å². The zero-order valence-electron chi connectivity index (χ0n) is 5.52. The maximum Gasteiger partial charge on any atom is 1.00 e. The van der Waals surface area contributed by atoms with Gasteiger partial charge in [-0.15, -0.1) is 0 Å². The molecule has 0 atom stereocenters. The van der Waals surface area contributed by atoms with Crippen LogP contribution in [0.2, 0.25) is 0 Å². The number of carbonyl (C=O) groups is 1. The van der Waals surface area contributed by atoms with E-state index in [0.717, 1.165) is 0 Å². The second-order valence-corrected chi connectivity index (χ2v) is 1.64. The molecule has 0 aromatic carbocycles. The van der Waals surface area contributed by atoms with E-state index in [1.165, 1.54) is 0 Å². The Morgan fingerprint density at radius 1 is 1.75 bits per heavy atom. The molecule has 2 N–H and O–H groups in total. The summed E-state index contributed by atoms with van der Waals surface area (Å²) >= 11 is 4.55. The van der Waals surface area contributed by atoms with Gasteiger partial charge in [0.1, 0.15) is 0 Å². The van der Waals surface area contributed by atoms with Crippen molar-refractivity contribution >= 4 is 23.2 Å². The van der Waals surface area contributed by atoms with Crippen LogP contribution in [0.5, 0.6) is 0 Å². The van der Waals surface area contributed by atoms with E-state index in [2.05, 4.69) is 22.9 Å². The number of amides is 1. The first kappa shape index (κ1) is 8.36. The van der Waals surface area contributed by atoms with Gasteiger partial charge in [0.15, 0.2) is 5.11 Å². The van der Waals surface area contributed by atoms with Crippen molar-refractivity contribution < 1.29 is 35.8 Å². The van der Waals surface area contributed by atoms with Gasteiger partial charge in [-0.05, 0) is 12.2 Å². The van der Waals surface area contributed by atoms with Gasteiger partial charge in [0.05, 0.1) is 6.54 Å². The molecular formula is C3H5N2NaOS. The van der Waals surface area contributed by atoms with Crippen molar-refractivity contribution in [1.29, 1.82) is 0 Å². The summed E-state index contributed by atoms with van der Waals surface area (Å²) in [6.45, 7) is 0.332. The average molecular weight is 140 g/mol. The van der Waals surface area contributed by atoms with Gasteiger partial charge in [0.2, 0.25) is 5.91 Å². The van der Waals surface area contributed by atoms with Crippen LogP contribution in [0.15, 0.2) is 0 Å². The monoisotopic (exact) mass is 140 g/mol. The fourth-order valence-corrected chi connectivity index (χ4v) is 0.562. The van der Waals surface area contributed by atoms with Gasteiger partial charge in [-0.25, -0.2) is 0 Å². The Morgan fingerprint density at radius 2 is 2.38 bits per heavy atom. The molecule has 1 aliphatic rings. The minimum atomic E-state index is -0.0509. The van der Waals surface area contributed by atoms with Crippen LogP contribution in [0, 0.1) is 0 Å². The molecule has 0 unspecified atom stereocenters. The first-order valence-electron chi connectivity index (χ1n) is 1.87. The van der Waals surface area contributed by atoms with E-state index in [9.17, 15) is 4.79 Å². The molecule has 1 amide bonds. The van der Waals surface area contributed by atoms with Crippen LogP contribution in [-0.2, 0) is 4.79 Å². The Morgan fingerprint density at radius 3 is 2.50 bits per heavy atom. The van der Waals surface area contributed by atoms with Crippen LogP contribution in [-0.4, -0.2) is 17.6 Å². The molecular weight excluding hydrogens is 135 g/mol. The normalized spacial score (nSPS) is 16.5. The van der Waals surface area contributed by atoms with Gasteiger partial charge >= 0.3 is 29.6 Å². The van der Waals surface area contributed by atoms with Crippen molar-refractivity contribution in [2.75, 3.05) is 6.54 Å². The maximum absolute atomic E-state index is 10.2. The van der Waals surface area contributed by atoms with Crippen molar-refractivity contribution in [1.82, 2.24) is 10.6 Å². The zero-order valence-corrected chi connectivity index (χ0v) is 7.34. The molecule has 0 aromatic heterocycles. The second kappa shape index (κ2) is 3.40. The second-order valence-electron chi connectivity index (χ2n) is 1.23. The number of hydrogen-bond acceptors (Lipinski definition) is 2. The molecule has 1 rings (SSSR count). The van der Waals surface area contributed by atoms with Crippen LogP contribution in [0.25, 0.3) is 0 Å². The standard InChI is InChI=1S/C3H4N2OS.Na.H/c6-2-1-4-3(7)5-2;;/h1H2,(H2,4,5,6,7);;/q;+1;-1. The largest absolute Gasteiger partial charge is 1.00 e. The van der Waals surface area contributed by atoms with E-state index in [0.29, 0.717) is 11.7 Å². The van der Waals surface area contributed by atoms with Gasteiger partial charge in [-0.3, -0.25) is 4.79 Å². The van der Waals surface area contributed by atoms with E-state index in [1.54, 1.807) is 0 Å². The first-order valence-corrected chi connectivity index (χ1v) is 2.27. The quantitative estimate of drug-likeness (QED) is 0.267. The van der Waals surface area contributed by atoms with Crippen LogP contribution in [0.1, 0.15) is 1.43 Å². The topological polar surface area (TPSA) is 41.1 Å². The summed E-state index contributed by atoms with van der Waals surface area (Å²) < 4.78 is 0. The van der Waals surface area contributed by atoms with Crippen molar-refractivity contribution in [3.8, 4) is 0 Å². The predicted octanol–water partition coefficient (Wildman–Crippen LogP) is -3.89. The minimum Gasteiger partial charge on any atom is -1.00 e. The maximum atomic E-state index is 10.2. The van der Waals surface area contributed by atoms with Gasteiger partial charge in [0, 0.05) is 0 Å². The smallest absolute Gasteiger partial charge is 1.00 e. The summed E-state index contributed by atoms with van der Waals surface area (Å²) in [6.07, 6.45) is 0. The summed E-state index contributed by atoms with van der Waals surface area (Å²) in [5, 5.41) is 5.47. The van der Waals surface area contributed by atoms with Crippen molar-refractivity contribution in [2.24, 2.45) is 0 Å². The third-order valence-corrected chi connectivity index (χ3v) is 0.909. The summed E-state index contributed by atoms with van der Waals surface area (Å²) in [4.78, 5) is 10.2. The first-order chi connectivity index (χ1) is 3.29. The Balaban J connectivity index is 0. The predicted molar refractivity (Wildman–Crippen MR) is 29.9 cm³/mol. The number of thiocarbonyl (C=S) groups is 1. The summed E-state index contributed by atoms with van der Waals surface area (Å²) in [6, 6.07) is 0. The van der Waals surface area contributed by atoms with E-state index < -0.39 is 0 Å². The van der Waals surface area contributed by atoms with Gasteiger partial charge in [-0.1, -0.05) is 0 Å². The third-order valence-electron chi connectivity index (χ3n) is 0.662. The van der Waals surface area contributed by atoms with Gasteiger partial charge in [0.25, 0.3) is 0 Å². The van der Waals surface area contributed by atoms with Crippen LogP contribution >= 0.6 is 12.2 Å². The van der Waals surface area contributed by atoms with E-state index in [4.69, 9.17) is 0 Å². The Kier molecular flexibility index (Phi) is 3.55. The molecule has 0 aliphatic carbocycles. The molecule has 1 heterocycles. The van der Waals surface area contributed by atoms with E-state index in [1.807, 2.05) is 0 Å². The molecule has 5 heteroatoms. The summed E-state index contributed by atoms with van der Waals surface area (Å²) in [5.41, 5.74) is 0. The molecule has 3 nitrogen and oxygen atoms in total. The van der Waals surface area contributed by atoms with Crippen LogP contribution < -0.4 is 40.2 Å². The molecule has 0 saturated carbocycles. The third kappa shape index (κ3) is 2.09. The average Bonchev–Trinajstić information content (AvgIpc) is 1.87. The number of carbonyl (C=O) groups excluding carboxylic acids is 1. The SMILES string of the molecule is O=C1CNC(=S)N1.[H-].[Na+]. The van der Waals surface area contributed by atoms with Crippen LogP contribution in [0.4, 0.5) is 0 Å². The molecule has 1 fully saturated rings. The molecule has 0 radical (unpaired) electrons. The minimum absolute atomic E-state index is 0. The van der Waals surface area contributed by atoms with Crippen molar-refractivity contribution in [3.05, 3.63) is 0 Å². The molecule has 1 saturated heterocycles. The molecule has 8 heavy (non-hydrogen) atoms. The summed E-state index contributed by atoms with van der Waals surface area (Å²) in [7, 11) is 0. The van der Waals surface area contributed by atoms with Gasteiger partial charge in [-0.2, -0.15) is 0 Å².